The zero-order valence-corrected chi connectivity index (χ0v) is 11.5. The van der Waals surface area contributed by atoms with E-state index in [2.05, 4.69) is 38.5 Å². The Kier molecular flexibility index (Phi) is 4.17. The molecule has 6 heteroatoms. The lowest BCUT2D eigenvalue weighted by Gasteiger charge is -2.25. The fourth-order valence-corrected chi connectivity index (χ4v) is 3.11. The molecule has 0 spiro atoms. The van der Waals surface area contributed by atoms with Crippen LogP contribution < -0.4 is 5.32 Å². The van der Waals surface area contributed by atoms with Crippen LogP contribution in [0.25, 0.3) is 0 Å². The van der Waals surface area contributed by atoms with Crippen molar-refractivity contribution in [3.8, 4) is 0 Å². The highest BCUT2D eigenvalue weighted by Crippen LogP contribution is 2.18. The van der Waals surface area contributed by atoms with E-state index in [0.717, 1.165) is 31.4 Å². The summed E-state index contributed by atoms with van der Waals surface area (Å²) in [5, 5.41) is 11.9. The minimum Gasteiger partial charge on any atom is -0.308 e. The summed E-state index contributed by atoms with van der Waals surface area (Å²) >= 11 is 2.05. The summed E-state index contributed by atoms with van der Waals surface area (Å²) in [5.74, 6) is 2.54. The third-order valence-electron chi connectivity index (χ3n) is 3.48. The molecule has 1 aromatic rings. The van der Waals surface area contributed by atoms with Crippen molar-refractivity contribution in [1.82, 2.24) is 25.2 Å². The highest BCUT2D eigenvalue weighted by molar-refractivity contribution is 7.99. The highest BCUT2D eigenvalue weighted by Gasteiger charge is 2.20. The van der Waals surface area contributed by atoms with Crippen molar-refractivity contribution in [3.05, 3.63) is 11.9 Å². The third-order valence-corrected chi connectivity index (χ3v) is 4.43. The molecule has 0 atom stereocenters. The molecule has 0 radical (unpaired) electrons. The quantitative estimate of drug-likeness (QED) is 0.817. The minimum absolute atomic E-state index is 0.737. The van der Waals surface area contributed by atoms with Crippen molar-refractivity contribution in [2.45, 2.75) is 32.0 Å². The topological polar surface area (TPSA) is 46.0 Å². The molecule has 1 aromatic heterocycles. The fourth-order valence-electron chi connectivity index (χ4n) is 2.13. The molecule has 1 N–H and O–H groups in total. The summed E-state index contributed by atoms with van der Waals surface area (Å²) in [5.41, 5.74) is 1.07. The van der Waals surface area contributed by atoms with Crippen LogP contribution in [0.3, 0.4) is 0 Å². The molecular formula is C12H21N5S. The molecule has 5 nitrogen and oxygen atoms in total. The number of hydrogen-bond donors (Lipinski definition) is 1. The molecule has 0 bridgehead atoms. The molecule has 0 aromatic carbocycles. The van der Waals surface area contributed by atoms with E-state index in [1.165, 1.54) is 37.4 Å². The lowest BCUT2D eigenvalue weighted by Crippen LogP contribution is -2.35. The Bertz CT molecular complexity index is 370. The van der Waals surface area contributed by atoms with Crippen molar-refractivity contribution in [2.75, 3.05) is 31.1 Å². The van der Waals surface area contributed by atoms with Gasteiger partial charge >= 0.3 is 0 Å². The van der Waals surface area contributed by atoms with E-state index in [9.17, 15) is 0 Å². The van der Waals surface area contributed by atoms with E-state index >= 15 is 0 Å². The van der Waals surface area contributed by atoms with Gasteiger partial charge in [0.15, 0.2) is 0 Å². The number of nitrogens with zero attached hydrogens (tertiary/aromatic N) is 4. The molecule has 0 unspecified atom stereocenters. The second-order valence-corrected chi connectivity index (χ2v) is 6.31. The zero-order chi connectivity index (χ0) is 12.2. The van der Waals surface area contributed by atoms with Gasteiger partial charge in [-0.1, -0.05) is 5.21 Å². The van der Waals surface area contributed by atoms with Crippen LogP contribution in [0.5, 0.6) is 0 Å². The van der Waals surface area contributed by atoms with Gasteiger partial charge in [0.25, 0.3) is 0 Å². The van der Waals surface area contributed by atoms with E-state index in [-0.39, 0.29) is 0 Å². The van der Waals surface area contributed by atoms with Crippen molar-refractivity contribution in [2.24, 2.45) is 0 Å². The monoisotopic (exact) mass is 267 g/mol. The predicted molar refractivity (Wildman–Crippen MR) is 73.6 cm³/mol. The summed E-state index contributed by atoms with van der Waals surface area (Å²) in [7, 11) is 0. The Labute approximate surface area is 112 Å². The minimum atomic E-state index is 0.737. The summed E-state index contributed by atoms with van der Waals surface area (Å²) < 4.78 is 1.98. The molecule has 1 saturated carbocycles. The van der Waals surface area contributed by atoms with E-state index in [0.29, 0.717) is 0 Å². The maximum Gasteiger partial charge on any atom is 0.0964 e. The van der Waals surface area contributed by atoms with Crippen LogP contribution >= 0.6 is 11.8 Å². The predicted octanol–water partition coefficient (Wildman–Crippen LogP) is 0.579. The van der Waals surface area contributed by atoms with Crippen LogP contribution in [-0.2, 0) is 13.1 Å². The maximum absolute atomic E-state index is 4.21. The first-order valence-corrected chi connectivity index (χ1v) is 7.98. The zero-order valence-electron chi connectivity index (χ0n) is 10.7. The van der Waals surface area contributed by atoms with Crippen LogP contribution in [0.2, 0.25) is 0 Å². The summed E-state index contributed by atoms with van der Waals surface area (Å²) in [6.07, 6.45) is 4.72. The Morgan fingerprint density at radius 1 is 1.28 bits per heavy atom. The average Bonchev–Trinajstić information content (AvgIpc) is 3.14. The molecule has 18 heavy (non-hydrogen) atoms. The SMILES string of the molecule is c1c(CNC2CC2)nnn1CCN1CCSCC1. The number of thioether (sulfide) groups is 1. The van der Waals surface area contributed by atoms with E-state index in [1.54, 1.807) is 0 Å². The van der Waals surface area contributed by atoms with E-state index in [1.807, 2.05) is 4.68 Å². The van der Waals surface area contributed by atoms with Crippen LogP contribution in [0.1, 0.15) is 18.5 Å². The van der Waals surface area contributed by atoms with Crippen molar-refractivity contribution in [3.63, 3.8) is 0 Å². The second kappa shape index (κ2) is 6.04. The number of aromatic nitrogens is 3. The standard InChI is InChI=1S/C12H21N5S/c1-2-11(1)13-9-12-10-17(15-14-12)4-3-16-5-7-18-8-6-16/h10-11,13H,1-9H2. The summed E-state index contributed by atoms with van der Waals surface area (Å²) in [6.45, 7) is 5.36. The molecule has 1 aliphatic heterocycles. The van der Waals surface area contributed by atoms with Gasteiger partial charge in [0.2, 0.25) is 0 Å². The Balaban J connectivity index is 1.41. The normalized spacial score (nSPS) is 21.3. The highest BCUT2D eigenvalue weighted by atomic mass is 32.2. The van der Waals surface area contributed by atoms with E-state index < -0.39 is 0 Å². The van der Waals surface area contributed by atoms with Crippen LogP contribution in [-0.4, -0.2) is 57.1 Å². The van der Waals surface area contributed by atoms with Gasteiger partial charge in [0.1, 0.15) is 0 Å². The first kappa shape index (κ1) is 12.4. The van der Waals surface area contributed by atoms with Crippen LogP contribution in [0.4, 0.5) is 0 Å². The van der Waals surface area contributed by atoms with Crippen LogP contribution in [0.15, 0.2) is 6.20 Å². The maximum atomic E-state index is 4.21. The molecular weight excluding hydrogens is 246 g/mol. The first-order valence-electron chi connectivity index (χ1n) is 6.83. The largest absolute Gasteiger partial charge is 0.308 e. The van der Waals surface area contributed by atoms with Crippen molar-refractivity contribution < 1.29 is 0 Å². The molecule has 100 valence electrons. The van der Waals surface area contributed by atoms with Crippen molar-refractivity contribution in [1.29, 1.82) is 0 Å². The van der Waals surface area contributed by atoms with Crippen molar-refractivity contribution >= 4 is 11.8 Å². The third kappa shape index (κ3) is 3.70. The smallest absolute Gasteiger partial charge is 0.0964 e. The number of hydrogen-bond acceptors (Lipinski definition) is 5. The Morgan fingerprint density at radius 2 is 2.11 bits per heavy atom. The van der Waals surface area contributed by atoms with Crippen LogP contribution in [0, 0.1) is 0 Å². The summed E-state index contributed by atoms with van der Waals surface area (Å²) in [4.78, 5) is 2.51. The second-order valence-electron chi connectivity index (χ2n) is 5.08. The van der Waals surface area contributed by atoms with Gasteiger partial charge in [-0.25, -0.2) is 0 Å². The lowest BCUT2D eigenvalue weighted by molar-refractivity contribution is 0.283. The molecule has 2 heterocycles. The molecule has 1 saturated heterocycles. The van der Waals surface area contributed by atoms with Gasteiger partial charge in [-0.3, -0.25) is 9.58 Å². The van der Waals surface area contributed by atoms with Gasteiger partial charge in [-0.05, 0) is 12.8 Å². The average molecular weight is 267 g/mol. The molecule has 3 rings (SSSR count). The Hall–Kier alpha value is -0.590. The van der Waals surface area contributed by atoms with Gasteiger partial charge in [-0.2, -0.15) is 11.8 Å². The van der Waals surface area contributed by atoms with Gasteiger partial charge in [-0.15, -0.1) is 5.10 Å². The first-order chi connectivity index (χ1) is 8.90. The number of rotatable bonds is 6. The molecule has 2 aliphatic rings. The van der Waals surface area contributed by atoms with Gasteiger partial charge in [0, 0.05) is 49.9 Å². The number of nitrogens with one attached hydrogen (secondary N) is 1. The molecule has 1 aliphatic carbocycles. The Morgan fingerprint density at radius 3 is 2.89 bits per heavy atom. The lowest BCUT2D eigenvalue weighted by atomic mass is 10.4. The van der Waals surface area contributed by atoms with Gasteiger partial charge < -0.3 is 5.32 Å². The van der Waals surface area contributed by atoms with E-state index in [4.69, 9.17) is 0 Å². The summed E-state index contributed by atoms with van der Waals surface area (Å²) in [6, 6.07) is 0.737. The molecule has 2 fully saturated rings. The molecule has 0 amide bonds. The van der Waals surface area contributed by atoms with Gasteiger partial charge in [0.05, 0.1) is 12.2 Å². The fraction of sp³-hybridized carbons (Fsp3) is 0.833.